The number of piperidine rings is 1. The Balaban J connectivity index is 2.02. The van der Waals surface area contributed by atoms with Gasteiger partial charge < -0.3 is 9.63 Å². The first-order chi connectivity index (χ1) is 7.81. The predicted octanol–water partition coefficient (Wildman–Crippen LogP) is 1.37. The monoisotopic (exact) mass is 225 g/mol. The third kappa shape index (κ3) is 2.59. The molecule has 1 aromatic rings. The number of aliphatic hydroxyl groups is 1. The molecular weight excluding hydrogens is 206 g/mol. The van der Waals surface area contributed by atoms with E-state index in [2.05, 4.69) is 15.0 Å². The van der Waals surface area contributed by atoms with E-state index in [0.29, 0.717) is 6.54 Å². The Bertz CT molecular complexity index is 302. The lowest BCUT2D eigenvalue weighted by Crippen LogP contribution is -2.39. The molecule has 5 heteroatoms. The predicted molar refractivity (Wildman–Crippen MR) is 58.8 cm³/mol. The van der Waals surface area contributed by atoms with E-state index in [1.54, 1.807) is 0 Å². The van der Waals surface area contributed by atoms with E-state index >= 15 is 0 Å². The smallest absolute Gasteiger partial charge is 0.213 e. The minimum absolute atomic E-state index is 0.216. The van der Waals surface area contributed by atoms with E-state index in [0.717, 1.165) is 25.2 Å². The standard InChI is InChI=1S/C11H19N3O2/c1-2-9(15)7-14-6-4-3-5-10(14)11-12-8-16-13-11/h8-10,15H,2-7H2,1H3. The molecule has 0 spiro atoms. The fourth-order valence-corrected chi connectivity index (χ4v) is 2.23. The van der Waals surface area contributed by atoms with E-state index in [1.807, 2.05) is 6.92 Å². The van der Waals surface area contributed by atoms with Gasteiger partial charge in [0, 0.05) is 6.54 Å². The van der Waals surface area contributed by atoms with Crippen molar-refractivity contribution in [3.63, 3.8) is 0 Å². The summed E-state index contributed by atoms with van der Waals surface area (Å²) in [5, 5.41) is 13.6. The number of nitrogens with zero attached hydrogens (tertiary/aromatic N) is 3. The molecule has 1 saturated heterocycles. The van der Waals surface area contributed by atoms with Crippen molar-refractivity contribution in [2.24, 2.45) is 0 Å². The maximum Gasteiger partial charge on any atom is 0.213 e. The summed E-state index contributed by atoms with van der Waals surface area (Å²) in [7, 11) is 0. The van der Waals surface area contributed by atoms with Crippen molar-refractivity contribution in [3.05, 3.63) is 12.2 Å². The van der Waals surface area contributed by atoms with Gasteiger partial charge in [0.15, 0.2) is 5.82 Å². The summed E-state index contributed by atoms with van der Waals surface area (Å²) >= 11 is 0. The van der Waals surface area contributed by atoms with Crippen LogP contribution in [0.3, 0.4) is 0 Å². The van der Waals surface area contributed by atoms with E-state index in [-0.39, 0.29) is 12.1 Å². The van der Waals surface area contributed by atoms with Crippen LogP contribution in [0.5, 0.6) is 0 Å². The van der Waals surface area contributed by atoms with Gasteiger partial charge in [-0.1, -0.05) is 18.5 Å². The van der Waals surface area contributed by atoms with E-state index in [1.165, 1.54) is 19.2 Å². The number of rotatable bonds is 4. The first-order valence-electron chi connectivity index (χ1n) is 5.99. The molecule has 0 radical (unpaired) electrons. The zero-order valence-corrected chi connectivity index (χ0v) is 9.67. The molecule has 2 unspecified atom stereocenters. The van der Waals surface area contributed by atoms with Gasteiger partial charge in [-0.2, -0.15) is 4.98 Å². The molecule has 1 aliphatic rings. The molecule has 0 bridgehead atoms. The molecule has 0 saturated carbocycles. The minimum Gasteiger partial charge on any atom is -0.392 e. The SMILES string of the molecule is CCC(O)CN1CCCCC1c1ncon1. The second-order valence-corrected chi connectivity index (χ2v) is 4.36. The minimum atomic E-state index is -0.257. The van der Waals surface area contributed by atoms with Crippen molar-refractivity contribution in [1.82, 2.24) is 15.0 Å². The maximum atomic E-state index is 9.72. The van der Waals surface area contributed by atoms with E-state index in [9.17, 15) is 5.11 Å². The summed E-state index contributed by atoms with van der Waals surface area (Å²) in [6.45, 7) is 3.71. The Kier molecular flexibility index (Phi) is 3.90. The van der Waals surface area contributed by atoms with Gasteiger partial charge in [0.2, 0.25) is 6.39 Å². The van der Waals surface area contributed by atoms with E-state index in [4.69, 9.17) is 4.52 Å². The summed E-state index contributed by atoms with van der Waals surface area (Å²) in [6, 6.07) is 0.216. The number of likely N-dealkylation sites (tertiary alicyclic amines) is 1. The number of hydrogen-bond acceptors (Lipinski definition) is 5. The van der Waals surface area contributed by atoms with Gasteiger partial charge in [-0.05, 0) is 25.8 Å². The quantitative estimate of drug-likeness (QED) is 0.838. The second kappa shape index (κ2) is 5.41. The number of aromatic nitrogens is 2. The summed E-state index contributed by atoms with van der Waals surface area (Å²) in [5.74, 6) is 0.753. The highest BCUT2D eigenvalue weighted by Crippen LogP contribution is 2.28. The summed E-state index contributed by atoms with van der Waals surface area (Å²) < 4.78 is 4.80. The Morgan fingerprint density at radius 1 is 1.62 bits per heavy atom. The summed E-state index contributed by atoms with van der Waals surface area (Å²) in [6.07, 6.45) is 5.33. The highest BCUT2D eigenvalue weighted by molar-refractivity contribution is 4.94. The lowest BCUT2D eigenvalue weighted by Gasteiger charge is -2.34. The number of β-amino-alcohol motifs (C(OH)–C–C–N with tert-alkyl or cyclic N) is 1. The fourth-order valence-electron chi connectivity index (χ4n) is 2.23. The van der Waals surface area contributed by atoms with Gasteiger partial charge in [-0.3, -0.25) is 4.90 Å². The first-order valence-corrected chi connectivity index (χ1v) is 5.99. The van der Waals surface area contributed by atoms with Crippen LogP contribution in [0.15, 0.2) is 10.9 Å². The molecule has 1 N–H and O–H groups in total. The van der Waals surface area contributed by atoms with Crippen LogP contribution < -0.4 is 0 Å². The normalized spacial score (nSPS) is 24.5. The molecule has 2 atom stereocenters. The third-order valence-electron chi connectivity index (χ3n) is 3.21. The Morgan fingerprint density at radius 2 is 2.50 bits per heavy atom. The lowest BCUT2D eigenvalue weighted by atomic mass is 10.0. The third-order valence-corrected chi connectivity index (χ3v) is 3.21. The molecule has 90 valence electrons. The highest BCUT2D eigenvalue weighted by Gasteiger charge is 2.28. The Morgan fingerprint density at radius 3 is 3.19 bits per heavy atom. The topological polar surface area (TPSA) is 62.4 Å². The van der Waals surface area contributed by atoms with Crippen LogP contribution >= 0.6 is 0 Å². The van der Waals surface area contributed by atoms with Crippen molar-refractivity contribution >= 4 is 0 Å². The van der Waals surface area contributed by atoms with Gasteiger partial charge >= 0.3 is 0 Å². The van der Waals surface area contributed by atoms with Crippen molar-refractivity contribution in [2.45, 2.75) is 44.8 Å². The van der Waals surface area contributed by atoms with Crippen molar-refractivity contribution in [1.29, 1.82) is 0 Å². The molecule has 5 nitrogen and oxygen atoms in total. The van der Waals surface area contributed by atoms with Gasteiger partial charge in [0.05, 0.1) is 12.1 Å². The number of hydrogen-bond donors (Lipinski definition) is 1. The Labute approximate surface area is 95.4 Å². The molecule has 2 heterocycles. The van der Waals surface area contributed by atoms with Crippen LogP contribution in [0.2, 0.25) is 0 Å². The Hall–Kier alpha value is -0.940. The van der Waals surface area contributed by atoms with Crippen LogP contribution in [0, 0.1) is 0 Å². The molecule has 2 rings (SSSR count). The maximum absolute atomic E-state index is 9.72. The van der Waals surface area contributed by atoms with Crippen LogP contribution in [0.25, 0.3) is 0 Å². The highest BCUT2D eigenvalue weighted by atomic mass is 16.5. The van der Waals surface area contributed by atoms with E-state index < -0.39 is 0 Å². The summed E-state index contributed by atoms with van der Waals surface area (Å²) in [4.78, 5) is 6.39. The average molecular weight is 225 g/mol. The fraction of sp³-hybridized carbons (Fsp3) is 0.818. The molecule has 0 amide bonds. The van der Waals surface area contributed by atoms with Crippen LogP contribution in [-0.2, 0) is 0 Å². The average Bonchev–Trinajstić information content (AvgIpc) is 2.83. The zero-order chi connectivity index (χ0) is 11.4. The molecule has 16 heavy (non-hydrogen) atoms. The van der Waals surface area contributed by atoms with Crippen molar-refractivity contribution < 1.29 is 9.63 Å². The van der Waals surface area contributed by atoms with Crippen LogP contribution in [0.1, 0.15) is 44.5 Å². The van der Waals surface area contributed by atoms with Crippen molar-refractivity contribution in [2.75, 3.05) is 13.1 Å². The molecule has 1 fully saturated rings. The molecule has 0 aromatic carbocycles. The summed E-state index contributed by atoms with van der Waals surface area (Å²) in [5.41, 5.74) is 0. The zero-order valence-electron chi connectivity index (χ0n) is 9.67. The van der Waals surface area contributed by atoms with Crippen molar-refractivity contribution in [3.8, 4) is 0 Å². The van der Waals surface area contributed by atoms with Gasteiger partial charge in [0.1, 0.15) is 0 Å². The molecule has 1 aliphatic heterocycles. The van der Waals surface area contributed by atoms with Gasteiger partial charge in [-0.25, -0.2) is 0 Å². The molecule has 0 aliphatic carbocycles. The van der Waals surface area contributed by atoms with Gasteiger partial charge in [0.25, 0.3) is 0 Å². The van der Waals surface area contributed by atoms with Gasteiger partial charge in [-0.15, -0.1) is 0 Å². The van der Waals surface area contributed by atoms with Crippen LogP contribution in [0.4, 0.5) is 0 Å². The molecule has 1 aromatic heterocycles. The lowest BCUT2D eigenvalue weighted by molar-refractivity contribution is 0.0613. The second-order valence-electron chi connectivity index (χ2n) is 4.36. The number of aliphatic hydroxyl groups excluding tert-OH is 1. The largest absolute Gasteiger partial charge is 0.392 e. The molecular formula is C11H19N3O2. The first kappa shape index (κ1) is 11.5. The van der Waals surface area contributed by atoms with Crippen LogP contribution in [-0.4, -0.2) is 39.3 Å².